The summed E-state index contributed by atoms with van der Waals surface area (Å²) in [5, 5.41) is 4.97. The molecule has 0 radical (unpaired) electrons. The van der Waals surface area contributed by atoms with E-state index in [0.717, 1.165) is 17.8 Å². The minimum absolute atomic E-state index is 0.0624. The molecule has 0 saturated carbocycles. The van der Waals surface area contributed by atoms with Crippen LogP contribution in [0.2, 0.25) is 0 Å². The molecule has 0 aromatic carbocycles. The van der Waals surface area contributed by atoms with Crippen molar-refractivity contribution < 1.29 is 14.3 Å². The van der Waals surface area contributed by atoms with Crippen molar-refractivity contribution >= 4 is 28.6 Å². The maximum Gasteiger partial charge on any atom is 0.263 e. The Morgan fingerprint density at radius 2 is 2.41 bits per heavy atom. The highest BCUT2D eigenvalue weighted by atomic mass is 32.1. The van der Waals surface area contributed by atoms with E-state index in [1.165, 1.54) is 11.3 Å². The van der Waals surface area contributed by atoms with Crippen LogP contribution in [0.1, 0.15) is 27.5 Å². The van der Waals surface area contributed by atoms with E-state index in [-0.39, 0.29) is 18.1 Å². The highest BCUT2D eigenvalue weighted by molar-refractivity contribution is 7.11. The number of carbonyl (C=O) groups excluding carboxylic acids is 1. The van der Waals surface area contributed by atoms with Gasteiger partial charge in [-0.15, -0.1) is 22.7 Å². The number of carbonyl (C=O) groups is 1. The Morgan fingerprint density at radius 1 is 1.50 bits per heavy atom. The zero-order valence-corrected chi connectivity index (χ0v) is 13.8. The van der Waals surface area contributed by atoms with E-state index < -0.39 is 0 Å². The molecule has 1 fully saturated rings. The highest BCUT2D eigenvalue weighted by Crippen LogP contribution is 2.17. The number of thiazole rings is 2. The number of ether oxygens (including phenoxy) is 2. The van der Waals surface area contributed by atoms with Crippen LogP contribution in [0.3, 0.4) is 0 Å². The van der Waals surface area contributed by atoms with E-state index in [0.29, 0.717) is 24.7 Å². The maximum absolute atomic E-state index is 12.3. The van der Waals surface area contributed by atoms with Crippen LogP contribution in [-0.2, 0) is 16.1 Å². The maximum atomic E-state index is 12.3. The summed E-state index contributed by atoms with van der Waals surface area (Å²) < 4.78 is 11.4. The van der Waals surface area contributed by atoms with E-state index in [1.807, 2.05) is 12.3 Å². The molecule has 1 saturated heterocycles. The van der Waals surface area contributed by atoms with Gasteiger partial charge < -0.3 is 14.8 Å². The fourth-order valence-electron chi connectivity index (χ4n) is 2.31. The Hall–Kier alpha value is -1.35. The van der Waals surface area contributed by atoms with Crippen molar-refractivity contribution in [2.24, 2.45) is 0 Å². The lowest BCUT2D eigenvalue weighted by atomic mass is 10.1. The monoisotopic (exact) mass is 339 g/mol. The molecule has 0 unspecified atom stereocenters. The quantitative estimate of drug-likeness (QED) is 0.902. The van der Waals surface area contributed by atoms with Crippen LogP contribution in [0.25, 0.3) is 0 Å². The zero-order chi connectivity index (χ0) is 15.4. The Bertz CT molecular complexity index is 615. The first-order chi connectivity index (χ1) is 10.7. The van der Waals surface area contributed by atoms with E-state index in [9.17, 15) is 4.79 Å². The summed E-state index contributed by atoms with van der Waals surface area (Å²) in [5.74, 6) is -0.113. The first-order valence-electron chi connectivity index (χ1n) is 7.01. The van der Waals surface area contributed by atoms with E-state index in [1.54, 1.807) is 22.4 Å². The molecule has 0 aliphatic carbocycles. The largest absolute Gasteiger partial charge is 0.379 e. The molecule has 2 atom stereocenters. The predicted molar refractivity (Wildman–Crippen MR) is 84.2 cm³/mol. The number of amides is 1. The molecule has 2 aromatic heterocycles. The van der Waals surface area contributed by atoms with Crippen molar-refractivity contribution in [2.75, 3.05) is 13.2 Å². The summed E-state index contributed by atoms with van der Waals surface area (Å²) in [5.41, 5.74) is 5.13. The lowest BCUT2D eigenvalue weighted by Gasteiger charge is -2.31. The summed E-state index contributed by atoms with van der Waals surface area (Å²) in [4.78, 5) is 21.3. The van der Waals surface area contributed by atoms with Gasteiger partial charge in [0, 0.05) is 12.0 Å². The van der Waals surface area contributed by atoms with E-state index >= 15 is 0 Å². The molecule has 1 aliphatic rings. The average molecular weight is 339 g/mol. The summed E-state index contributed by atoms with van der Waals surface area (Å²) in [6, 6.07) is -0.151. The van der Waals surface area contributed by atoms with Crippen molar-refractivity contribution in [1.82, 2.24) is 15.3 Å². The molecule has 0 spiro atoms. The van der Waals surface area contributed by atoms with Gasteiger partial charge in [-0.2, -0.15) is 0 Å². The van der Waals surface area contributed by atoms with Crippen molar-refractivity contribution in [3.05, 3.63) is 32.7 Å². The van der Waals surface area contributed by atoms with Gasteiger partial charge in [0.25, 0.3) is 5.91 Å². The molecule has 22 heavy (non-hydrogen) atoms. The van der Waals surface area contributed by atoms with Gasteiger partial charge in [0.2, 0.25) is 0 Å². The average Bonchev–Trinajstić information content (AvgIpc) is 3.17. The minimum Gasteiger partial charge on any atom is -0.379 e. The Morgan fingerprint density at radius 3 is 3.14 bits per heavy atom. The van der Waals surface area contributed by atoms with Crippen LogP contribution in [0.15, 0.2) is 16.4 Å². The second kappa shape index (κ2) is 7.28. The third-order valence-electron chi connectivity index (χ3n) is 3.49. The molecule has 1 aliphatic heterocycles. The number of aromatic nitrogens is 2. The summed E-state index contributed by atoms with van der Waals surface area (Å²) in [6.45, 7) is 3.40. The molecule has 118 valence electrons. The molecule has 6 nitrogen and oxygen atoms in total. The minimum atomic E-state index is -0.151. The Balaban J connectivity index is 1.60. The van der Waals surface area contributed by atoms with Crippen molar-refractivity contribution in [3.63, 3.8) is 0 Å². The van der Waals surface area contributed by atoms with Crippen molar-refractivity contribution in [1.29, 1.82) is 0 Å². The van der Waals surface area contributed by atoms with Gasteiger partial charge in [-0.1, -0.05) is 0 Å². The number of hydrogen-bond acceptors (Lipinski definition) is 7. The predicted octanol–water partition coefficient (Wildman–Crippen LogP) is 2.01. The second-order valence-electron chi connectivity index (χ2n) is 5.04. The van der Waals surface area contributed by atoms with Crippen LogP contribution >= 0.6 is 22.7 Å². The van der Waals surface area contributed by atoms with Gasteiger partial charge in [-0.05, 0) is 13.3 Å². The highest BCUT2D eigenvalue weighted by Gasteiger charge is 2.29. The normalized spacial score (nSPS) is 21.7. The van der Waals surface area contributed by atoms with Crippen LogP contribution in [0.5, 0.6) is 0 Å². The Kier molecular flexibility index (Phi) is 5.14. The molecule has 1 amide bonds. The van der Waals surface area contributed by atoms with Crippen LogP contribution < -0.4 is 5.32 Å². The second-order valence-corrected chi connectivity index (χ2v) is 6.61. The van der Waals surface area contributed by atoms with Gasteiger partial charge in [-0.3, -0.25) is 4.79 Å². The summed E-state index contributed by atoms with van der Waals surface area (Å²) in [6.07, 6.45) is 0.698. The van der Waals surface area contributed by atoms with Crippen molar-refractivity contribution in [3.8, 4) is 0 Å². The fraction of sp³-hybridized carbons (Fsp3) is 0.500. The van der Waals surface area contributed by atoms with Crippen LogP contribution in [-0.4, -0.2) is 41.2 Å². The van der Waals surface area contributed by atoms with Crippen LogP contribution in [0.4, 0.5) is 0 Å². The summed E-state index contributed by atoms with van der Waals surface area (Å²) in [7, 11) is 0. The zero-order valence-electron chi connectivity index (χ0n) is 12.2. The first kappa shape index (κ1) is 15.5. The molecule has 8 heteroatoms. The van der Waals surface area contributed by atoms with E-state index in [2.05, 4.69) is 15.3 Å². The molecule has 3 rings (SSSR count). The van der Waals surface area contributed by atoms with Gasteiger partial charge >= 0.3 is 0 Å². The molecule has 0 bridgehead atoms. The number of hydrogen-bond donors (Lipinski definition) is 1. The van der Waals surface area contributed by atoms with Gasteiger partial charge in [0.15, 0.2) is 0 Å². The third-order valence-corrected chi connectivity index (χ3v) is 5.05. The summed E-state index contributed by atoms with van der Waals surface area (Å²) >= 11 is 2.89. The molecule has 2 aromatic rings. The first-order valence-corrected chi connectivity index (χ1v) is 8.83. The number of rotatable bonds is 5. The molecule has 3 heterocycles. The molecular weight excluding hydrogens is 322 g/mol. The van der Waals surface area contributed by atoms with Gasteiger partial charge in [0.1, 0.15) is 4.88 Å². The number of nitrogens with one attached hydrogen (secondary N) is 1. The standard InChI is InChI=1S/C14H17N3O3S2/c1-9-13(22-8-15-9)14(18)17-11-5-19-3-2-12(11)20-4-10-6-21-7-16-10/h6-8,11-12H,2-5H2,1H3,(H,17,18)/t11-,12+/m1/s1. The molecular formula is C14H17N3O3S2. The Labute approximate surface area is 136 Å². The van der Waals surface area contributed by atoms with Crippen molar-refractivity contribution in [2.45, 2.75) is 32.1 Å². The van der Waals surface area contributed by atoms with Crippen LogP contribution in [0, 0.1) is 6.92 Å². The van der Waals surface area contributed by atoms with Gasteiger partial charge in [0.05, 0.1) is 47.8 Å². The van der Waals surface area contributed by atoms with Gasteiger partial charge in [-0.25, -0.2) is 9.97 Å². The smallest absolute Gasteiger partial charge is 0.263 e. The fourth-order valence-corrected chi connectivity index (χ4v) is 3.56. The number of nitrogens with zero attached hydrogens (tertiary/aromatic N) is 2. The number of aryl methyl sites for hydroxylation is 1. The molecule has 1 N–H and O–H groups in total. The SMILES string of the molecule is Cc1ncsc1C(=O)N[C@@H]1COCC[C@@H]1OCc1cscn1. The third kappa shape index (κ3) is 3.70. The lowest BCUT2D eigenvalue weighted by Crippen LogP contribution is -2.50. The lowest BCUT2D eigenvalue weighted by molar-refractivity contribution is -0.0611. The van der Waals surface area contributed by atoms with E-state index in [4.69, 9.17) is 9.47 Å². The topological polar surface area (TPSA) is 73.3 Å².